The summed E-state index contributed by atoms with van der Waals surface area (Å²) in [4.78, 5) is 9.99. The van der Waals surface area contributed by atoms with E-state index < -0.39 is 18.8 Å². The molecule has 1 aliphatic rings. The van der Waals surface area contributed by atoms with Crippen LogP contribution in [0.2, 0.25) is 0 Å². The summed E-state index contributed by atoms with van der Waals surface area (Å²) in [6.07, 6.45) is -0.847. The molecule has 6 nitrogen and oxygen atoms in total. The Hall–Kier alpha value is -1.04. The molecule has 10 heteroatoms. The van der Waals surface area contributed by atoms with Crippen LogP contribution in [0, 0.1) is 5.92 Å². The Morgan fingerprint density at radius 3 is 2.76 bits per heavy atom. The number of imidazole rings is 1. The van der Waals surface area contributed by atoms with E-state index in [0.29, 0.717) is 31.5 Å². The summed E-state index contributed by atoms with van der Waals surface area (Å²) in [7, 11) is 0. The normalized spacial score (nSPS) is 23.1. The predicted octanol–water partition coefficient (Wildman–Crippen LogP) is 2.27. The minimum absolute atomic E-state index is 0. The highest BCUT2D eigenvalue weighted by Gasteiger charge is 2.38. The van der Waals surface area contributed by atoms with Gasteiger partial charge in [0.25, 0.3) is 0 Å². The van der Waals surface area contributed by atoms with Crippen molar-refractivity contribution in [1.29, 1.82) is 0 Å². The molecular weight excluding hydrogens is 450 g/mol. The number of halogens is 4. The minimum Gasteiger partial charge on any atom is -0.382 e. The maximum Gasteiger partial charge on any atom is 0.416 e. The number of aliphatic imine (C=N–C) groups is 1. The van der Waals surface area contributed by atoms with Crippen LogP contribution in [0.4, 0.5) is 13.2 Å². The number of hydrogen-bond acceptors (Lipinski definition) is 3. The van der Waals surface area contributed by atoms with Crippen molar-refractivity contribution in [1.82, 2.24) is 19.8 Å². The molecule has 3 atom stereocenters. The van der Waals surface area contributed by atoms with E-state index in [1.165, 1.54) is 0 Å². The Balaban J connectivity index is 0.00000312. The molecule has 2 rings (SSSR count). The van der Waals surface area contributed by atoms with Crippen LogP contribution >= 0.6 is 24.0 Å². The van der Waals surface area contributed by atoms with E-state index in [1.54, 1.807) is 12.5 Å². The third-order valence-electron chi connectivity index (χ3n) is 4.25. The average molecular weight is 475 g/mol. The van der Waals surface area contributed by atoms with Crippen LogP contribution in [0.3, 0.4) is 0 Å². The van der Waals surface area contributed by atoms with Gasteiger partial charge in [-0.05, 0) is 19.3 Å². The number of aliphatic hydroxyl groups is 1. The van der Waals surface area contributed by atoms with Crippen molar-refractivity contribution in [2.75, 3.05) is 26.2 Å². The summed E-state index contributed by atoms with van der Waals surface area (Å²) in [5.41, 5.74) is 0. The summed E-state index contributed by atoms with van der Waals surface area (Å²) in [6.45, 7) is 5.19. The molecule has 1 aliphatic heterocycles. The van der Waals surface area contributed by atoms with E-state index >= 15 is 0 Å². The Morgan fingerprint density at radius 1 is 1.48 bits per heavy atom. The van der Waals surface area contributed by atoms with Gasteiger partial charge in [0.2, 0.25) is 0 Å². The fraction of sp³-hybridized carbons (Fsp3) is 0.733. The number of aromatic nitrogens is 2. The molecule has 0 saturated carbocycles. The monoisotopic (exact) mass is 475 g/mol. The Labute approximate surface area is 162 Å². The molecule has 3 unspecified atom stereocenters. The number of nitrogens with one attached hydrogen (secondary N) is 1. The van der Waals surface area contributed by atoms with Crippen molar-refractivity contribution in [2.45, 2.75) is 38.6 Å². The van der Waals surface area contributed by atoms with E-state index in [0.717, 1.165) is 6.42 Å². The lowest BCUT2D eigenvalue weighted by Gasteiger charge is -2.39. The molecule has 144 valence electrons. The minimum atomic E-state index is -4.66. The molecule has 0 spiro atoms. The van der Waals surface area contributed by atoms with Crippen LogP contribution in [0.15, 0.2) is 23.7 Å². The highest BCUT2D eigenvalue weighted by molar-refractivity contribution is 14.0. The Bertz CT molecular complexity index is 538. The van der Waals surface area contributed by atoms with E-state index in [2.05, 4.69) is 22.2 Å². The van der Waals surface area contributed by atoms with Crippen molar-refractivity contribution in [3.8, 4) is 0 Å². The number of guanidine groups is 1. The molecular formula is C15H25F3IN5O. The molecule has 1 saturated heterocycles. The Kier molecular flexibility index (Phi) is 8.45. The first kappa shape index (κ1) is 22.0. The standard InChI is InChI=1S/C15H24F3N5O.HI/c1-3-20-14(21-8-13(24)15(16,17)18)22-6-4-11(2)12(9-22)23-7-5-19-10-23;/h5,7,10-13,24H,3-4,6,8-9H2,1-2H3,(H,20,21);1H. The van der Waals surface area contributed by atoms with Crippen LogP contribution in [0.25, 0.3) is 0 Å². The van der Waals surface area contributed by atoms with Gasteiger partial charge in [0.1, 0.15) is 0 Å². The van der Waals surface area contributed by atoms with Crippen molar-refractivity contribution in [3.05, 3.63) is 18.7 Å². The average Bonchev–Trinajstić information content (AvgIpc) is 3.05. The summed E-state index contributed by atoms with van der Waals surface area (Å²) in [5, 5.41) is 12.2. The second kappa shape index (κ2) is 9.60. The van der Waals surface area contributed by atoms with Crippen molar-refractivity contribution in [3.63, 3.8) is 0 Å². The molecule has 1 fully saturated rings. The number of nitrogens with zero attached hydrogens (tertiary/aromatic N) is 4. The molecule has 1 aromatic heterocycles. The molecule has 2 N–H and O–H groups in total. The summed E-state index contributed by atoms with van der Waals surface area (Å²) >= 11 is 0. The van der Waals surface area contributed by atoms with Gasteiger partial charge in [-0.15, -0.1) is 24.0 Å². The third kappa shape index (κ3) is 6.01. The fourth-order valence-electron chi connectivity index (χ4n) is 2.80. The number of piperidine rings is 1. The second-order valence-corrected chi connectivity index (χ2v) is 6.04. The highest BCUT2D eigenvalue weighted by atomic mass is 127. The maximum absolute atomic E-state index is 12.5. The van der Waals surface area contributed by atoms with Gasteiger partial charge >= 0.3 is 6.18 Å². The molecule has 0 radical (unpaired) electrons. The lowest BCUT2D eigenvalue weighted by molar-refractivity contribution is -0.199. The zero-order valence-electron chi connectivity index (χ0n) is 14.3. The van der Waals surface area contributed by atoms with Gasteiger partial charge in [-0.2, -0.15) is 13.2 Å². The van der Waals surface area contributed by atoms with Crippen LogP contribution in [-0.2, 0) is 0 Å². The molecule has 0 amide bonds. The first-order chi connectivity index (χ1) is 11.3. The highest BCUT2D eigenvalue weighted by Crippen LogP contribution is 2.27. The molecule has 0 aromatic carbocycles. The van der Waals surface area contributed by atoms with Gasteiger partial charge < -0.3 is 19.9 Å². The van der Waals surface area contributed by atoms with Gasteiger partial charge in [0, 0.05) is 32.0 Å². The molecule has 1 aromatic rings. The fourth-order valence-corrected chi connectivity index (χ4v) is 2.80. The first-order valence-electron chi connectivity index (χ1n) is 8.08. The van der Waals surface area contributed by atoms with Crippen LogP contribution in [-0.4, -0.2) is 64.0 Å². The van der Waals surface area contributed by atoms with Crippen LogP contribution in [0.1, 0.15) is 26.3 Å². The second-order valence-electron chi connectivity index (χ2n) is 6.04. The zero-order chi connectivity index (χ0) is 17.7. The molecule has 25 heavy (non-hydrogen) atoms. The molecule has 0 aliphatic carbocycles. The largest absolute Gasteiger partial charge is 0.416 e. The van der Waals surface area contributed by atoms with E-state index in [-0.39, 0.29) is 30.0 Å². The van der Waals surface area contributed by atoms with Gasteiger partial charge in [-0.3, -0.25) is 4.99 Å². The quantitative estimate of drug-likeness (QED) is 0.399. The van der Waals surface area contributed by atoms with E-state index in [9.17, 15) is 13.2 Å². The topological polar surface area (TPSA) is 65.7 Å². The third-order valence-corrected chi connectivity index (χ3v) is 4.25. The van der Waals surface area contributed by atoms with Crippen LogP contribution < -0.4 is 5.32 Å². The van der Waals surface area contributed by atoms with Crippen molar-refractivity contribution < 1.29 is 18.3 Å². The lowest BCUT2D eigenvalue weighted by atomic mass is 9.93. The van der Waals surface area contributed by atoms with Crippen LogP contribution in [0.5, 0.6) is 0 Å². The SMILES string of the molecule is CCNC(=NCC(O)C(F)(F)F)N1CCC(C)C(n2ccnc2)C1.I. The summed E-state index contributed by atoms with van der Waals surface area (Å²) in [5.74, 6) is 0.830. The first-order valence-corrected chi connectivity index (χ1v) is 8.08. The van der Waals surface area contributed by atoms with Gasteiger partial charge in [-0.1, -0.05) is 6.92 Å². The van der Waals surface area contributed by atoms with Crippen molar-refractivity contribution >= 4 is 29.9 Å². The predicted molar refractivity (Wildman–Crippen MR) is 100 cm³/mol. The number of rotatable bonds is 4. The van der Waals surface area contributed by atoms with Gasteiger partial charge in [0.05, 0.1) is 18.9 Å². The Morgan fingerprint density at radius 2 is 2.20 bits per heavy atom. The smallest absolute Gasteiger partial charge is 0.382 e. The van der Waals surface area contributed by atoms with E-state index in [4.69, 9.17) is 5.11 Å². The zero-order valence-corrected chi connectivity index (χ0v) is 16.6. The van der Waals surface area contributed by atoms with Gasteiger partial charge in [-0.25, -0.2) is 4.98 Å². The summed E-state index contributed by atoms with van der Waals surface area (Å²) < 4.78 is 39.4. The van der Waals surface area contributed by atoms with Crippen molar-refractivity contribution in [2.24, 2.45) is 10.9 Å². The lowest BCUT2D eigenvalue weighted by Crippen LogP contribution is -2.49. The number of aliphatic hydroxyl groups excluding tert-OH is 1. The summed E-state index contributed by atoms with van der Waals surface area (Å²) in [6, 6.07) is 0.178. The maximum atomic E-state index is 12.5. The van der Waals surface area contributed by atoms with Gasteiger partial charge in [0.15, 0.2) is 12.1 Å². The number of likely N-dealkylation sites (tertiary alicyclic amines) is 1. The molecule has 2 heterocycles. The number of hydrogen-bond donors (Lipinski definition) is 2. The number of alkyl halides is 3. The molecule has 0 bridgehead atoms. The van der Waals surface area contributed by atoms with E-state index in [1.807, 2.05) is 22.6 Å².